The van der Waals surface area contributed by atoms with E-state index in [1.807, 2.05) is 30.3 Å². The van der Waals surface area contributed by atoms with Crippen LogP contribution in [0.4, 0.5) is 0 Å². The van der Waals surface area contributed by atoms with Crippen molar-refractivity contribution in [3.63, 3.8) is 0 Å². The van der Waals surface area contributed by atoms with Crippen LogP contribution in [-0.4, -0.2) is 12.6 Å². The van der Waals surface area contributed by atoms with E-state index in [-0.39, 0.29) is 10.8 Å². The fourth-order valence-corrected chi connectivity index (χ4v) is 1.39. The highest BCUT2D eigenvalue weighted by atomic mass is 79.9. The van der Waals surface area contributed by atoms with Gasteiger partial charge in [0.1, 0.15) is 6.61 Å². The maximum Gasteiger partial charge on any atom is 0.302 e. The van der Waals surface area contributed by atoms with Crippen LogP contribution in [0.2, 0.25) is 0 Å². The number of alkyl halides is 1. The van der Waals surface area contributed by atoms with Crippen LogP contribution in [0.25, 0.3) is 0 Å². The summed E-state index contributed by atoms with van der Waals surface area (Å²) in [6.07, 6.45) is 0. The van der Waals surface area contributed by atoms with Gasteiger partial charge in [0, 0.05) is 6.92 Å². The Bertz CT molecular complexity index is 272. The van der Waals surface area contributed by atoms with E-state index in [1.165, 1.54) is 6.92 Å². The number of carbonyl (C=O) groups excluding carboxylic acids is 1. The van der Waals surface area contributed by atoms with Crippen LogP contribution in [0.5, 0.6) is 0 Å². The van der Waals surface area contributed by atoms with E-state index in [0.717, 1.165) is 5.56 Å². The predicted molar refractivity (Wildman–Crippen MR) is 54.7 cm³/mol. The Morgan fingerprint density at radius 3 is 2.62 bits per heavy atom. The van der Waals surface area contributed by atoms with Crippen molar-refractivity contribution < 1.29 is 9.53 Å². The second-order valence-electron chi connectivity index (χ2n) is 2.68. The second-order valence-corrected chi connectivity index (χ2v) is 3.79. The van der Waals surface area contributed by atoms with E-state index in [4.69, 9.17) is 4.74 Å². The Morgan fingerprint density at radius 2 is 2.08 bits per heavy atom. The molecule has 1 atom stereocenters. The van der Waals surface area contributed by atoms with Crippen molar-refractivity contribution in [1.82, 2.24) is 0 Å². The summed E-state index contributed by atoms with van der Waals surface area (Å²) in [7, 11) is 0. The Hall–Kier alpha value is -0.830. The second kappa shape index (κ2) is 5.02. The number of benzene rings is 1. The van der Waals surface area contributed by atoms with E-state index in [0.29, 0.717) is 6.61 Å². The molecule has 1 aromatic rings. The summed E-state index contributed by atoms with van der Waals surface area (Å²) in [6.45, 7) is 1.78. The van der Waals surface area contributed by atoms with Crippen molar-refractivity contribution in [1.29, 1.82) is 0 Å². The zero-order valence-corrected chi connectivity index (χ0v) is 8.95. The molecule has 13 heavy (non-hydrogen) atoms. The molecule has 0 unspecified atom stereocenters. The van der Waals surface area contributed by atoms with Gasteiger partial charge in [-0.3, -0.25) is 4.79 Å². The molecule has 0 heterocycles. The SMILES string of the molecule is CC(=O)OC[C@@H](Br)c1ccccc1. The van der Waals surface area contributed by atoms with Crippen molar-refractivity contribution in [2.75, 3.05) is 6.61 Å². The molecule has 0 saturated heterocycles. The molecule has 70 valence electrons. The molecule has 0 fully saturated rings. The van der Waals surface area contributed by atoms with Crippen molar-refractivity contribution in [2.24, 2.45) is 0 Å². The number of hydrogen-bond donors (Lipinski definition) is 0. The van der Waals surface area contributed by atoms with Gasteiger partial charge in [0.15, 0.2) is 0 Å². The van der Waals surface area contributed by atoms with E-state index in [2.05, 4.69) is 15.9 Å². The van der Waals surface area contributed by atoms with Crippen LogP contribution in [0.3, 0.4) is 0 Å². The predicted octanol–water partition coefficient (Wildman–Crippen LogP) is 2.69. The van der Waals surface area contributed by atoms with E-state index >= 15 is 0 Å². The summed E-state index contributed by atoms with van der Waals surface area (Å²) in [5, 5.41) is 0. The minimum Gasteiger partial charge on any atom is -0.464 e. The molecule has 0 bridgehead atoms. The summed E-state index contributed by atoms with van der Waals surface area (Å²) in [4.78, 5) is 10.6. The fourth-order valence-electron chi connectivity index (χ4n) is 0.949. The summed E-state index contributed by atoms with van der Waals surface area (Å²) in [5.41, 5.74) is 1.11. The standard InChI is InChI=1S/C10H11BrO2/c1-8(12)13-7-10(11)9-5-3-2-4-6-9/h2-6,10H,7H2,1H3/t10-/m1/s1. The quantitative estimate of drug-likeness (QED) is 0.602. The zero-order valence-electron chi connectivity index (χ0n) is 7.37. The average Bonchev–Trinajstić information content (AvgIpc) is 2.15. The Balaban J connectivity index is 2.49. The van der Waals surface area contributed by atoms with Gasteiger partial charge < -0.3 is 4.74 Å². The lowest BCUT2D eigenvalue weighted by Crippen LogP contribution is -2.05. The third kappa shape index (κ3) is 3.59. The molecule has 3 heteroatoms. The van der Waals surface area contributed by atoms with Crippen LogP contribution in [-0.2, 0) is 9.53 Å². The number of carbonyl (C=O) groups is 1. The molecule has 0 aliphatic rings. The minimum atomic E-state index is -0.250. The summed E-state index contributed by atoms with van der Waals surface area (Å²) < 4.78 is 4.87. The zero-order chi connectivity index (χ0) is 9.68. The molecular weight excluding hydrogens is 232 g/mol. The Labute approximate surface area is 86.0 Å². The molecule has 0 saturated carbocycles. The smallest absolute Gasteiger partial charge is 0.302 e. The summed E-state index contributed by atoms with van der Waals surface area (Å²) in [5.74, 6) is -0.250. The lowest BCUT2D eigenvalue weighted by molar-refractivity contribution is -0.140. The molecule has 0 N–H and O–H groups in total. The van der Waals surface area contributed by atoms with Gasteiger partial charge in [0.25, 0.3) is 0 Å². The van der Waals surface area contributed by atoms with Gasteiger partial charge in [-0.05, 0) is 5.56 Å². The number of esters is 1. The van der Waals surface area contributed by atoms with Gasteiger partial charge in [-0.2, -0.15) is 0 Å². The van der Waals surface area contributed by atoms with Gasteiger partial charge in [0.05, 0.1) is 4.83 Å². The lowest BCUT2D eigenvalue weighted by atomic mass is 10.2. The number of ether oxygens (including phenoxy) is 1. The largest absolute Gasteiger partial charge is 0.464 e. The monoisotopic (exact) mass is 242 g/mol. The molecule has 1 aromatic carbocycles. The lowest BCUT2D eigenvalue weighted by Gasteiger charge is -2.09. The molecule has 0 amide bonds. The average molecular weight is 243 g/mol. The van der Waals surface area contributed by atoms with Crippen LogP contribution in [0.15, 0.2) is 30.3 Å². The normalized spacial score (nSPS) is 12.2. The van der Waals surface area contributed by atoms with E-state index in [9.17, 15) is 4.79 Å². The molecular formula is C10H11BrO2. The topological polar surface area (TPSA) is 26.3 Å². The van der Waals surface area contributed by atoms with Gasteiger partial charge >= 0.3 is 5.97 Å². The van der Waals surface area contributed by atoms with Crippen molar-refractivity contribution in [3.8, 4) is 0 Å². The number of rotatable bonds is 3. The molecule has 0 aliphatic heterocycles. The summed E-state index contributed by atoms with van der Waals surface area (Å²) >= 11 is 3.44. The molecule has 0 spiro atoms. The number of halogens is 1. The Morgan fingerprint density at radius 1 is 1.46 bits per heavy atom. The molecule has 0 aromatic heterocycles. The van der Waals surface area contributed by atoms with Crippen molar-refractivity contribution in [2.45, 2.75) is 11.8 Å². The Kier molecular flexibility index (Phi) is 3.96. The molecule has 0 radical (unpaired) electrons. The van der Waals surface area contributed by atoms with E-state index < -0.39 is 0 Å². The minimum absolute atomic E-state index is 0.0811. The van der Waals surface area contributed by atoms with Gasteiger partial charge in [0.2, 0.25) is 0 Å². The highest BCUT2D eigenvalue weighted by Crippen LogP contribution is 2.22. The third-order valence-electron chi connectivity index (χ3n) is 1.59. The van der Waals surface area contributed by atoms with Gasteiger partial charge in [-0.25, -0.2) is 0 Å². The van der Waals surface area contributed by atoms with Gasteiger partial charge in [-0.15, -0.1) is 0 Å². The maximum absolute atomic E-state index is 10.5. The highest BCUT2D eigenvalue weighted by molar-refractivity contribution is 9.09. The first-order valence-electron chi connectivity index (χ1n) is 4.02. The maximum atomic E-state index is 10.5. The molecule has 2 nitrogen and oxygen atoms in total. The van der Waals surface area contributed by atoms with Crippen LogP contribution < -0.4 is 0 Å². The van der Waals surface area contributed by atoms with Gasteiger partial charge in [-0.1, -0.05) is 46.3 Å². The van der Waals surface area contributed by atoms with Crippen LogP contribution >= 0.6 is 15.9 Å². The van der Waals surface area contributed by atoms with Crippen molar-refractivity contribution >= 4 is 21.9 Å². The molecule has 1 rings (SSSR count). The first-order valence-corrected chi connectivity index (χ1v) is 4.94. The van der Waals surface area contributed by atoms with Crippen molar-refractivity contribution in [3.05, 3.63) is 35.9 Å². The summed E-state index contributed by atoms with van der Waals surface area (Å²) in [6, 6.07) is 9.84. The number of hydrogen-bond acceptors (Lipinski definition) is 2. The first-order chi connectivity index (χ1) is 6.20. The molecule has 0 aliphatic carbocycles. The third-order valence-corrected chi connectivity index (χ3v) is 2.39. The highest BCUT2D eigenvalue weighted by Gasteiger charge is 2.07. The van der Waals surface area contributed by atoms with Crippen LogP contribution in [0, 0.1) is 0 Å². The fraction of sp³-hybridized carbons (Fsp3) is 0.300. The van der Waals surface area contributed by atoms with Crippen LogP contribution in [0.1, 0.15) is 17.3 Å². The van der Waals surface area contributed by atoms with E-state index in [1.54, 1.807) is 0 Å². The first kappa shape index (κ1) is 10.3.